The number of halogens is 3. The quantitative estimate of drug-likeness (QED) is 0.855. The molecule has 140 valence electrons. The van der Waals surface area contributed by atoms with Crippen molar-refractivity contribution in [3.63, 3.8) is 0 Å². The lowest BCUT2D eigenvalue weighted by molar-refractivity contribution is -0.137. The highest BCUT2D eigenvalue weighted by molar-refractivity contribution is 6.12. The number of nitrogen functional groups attached to an aromatic ring is 1. The van der Waals surface area contributed by atoms with E-state index in [-0.39, 0.29) is 23.0 Å². The largest absolute Gasteiger partial charge is 0.481 e. The Balaban J connectivity index is 2.15. The molecule has 1 aliphatic heterocycles. The van der Waals surface area contributed by atoms with Crippen LogP contribution in [-0.2, 0) is 6.18 Å². The van der Waals surface area contributed by atoms with E-state index in [1.165, 1.54) is 25.4 Å². The number of aromatic nitrogens is 2. The van der Waals surface area contributed by atoms with Crippen LogP contribution in [0.3, 0.4) is 0 Å². The van der Waals surface area contributed by atoms with Gasteiger partial charge in [0.2, 0.25) is 5.88 Å². The number of nitrogens with two attached hydrogens (primary N) is 1. The Morgan fingerprint density at radius 2 is 2.15 bits per heavy atom. The number of hydrogen-bond donors (Lipinski definition) is 2. The topological polar surface area (TPSA) is 102 Å². The van der Waals surface area contributed by atoms with Crippen molar-refractivity contribution in [2.75, 3.05) is 19.4 Å². The van der Waals surface area contributed by atoms with Crippen LogP contribution in [0.1, 0.15) is 16.1 Å². The second kappa shape index (κ2) is 7.06. The monoisotopic (exact) mass is 377 g/mol. The molecular formula is C17H14F3N5O2. The maximum Gasteiger partial charge on any atom is 0.418 e. The standard InChI is InChI=1S/C17H14F3N5O2/c1-27-16-9(4-2-7-23-16)13-10(17(18,19)20)8-11(21)14(25-13)15(26)24-12-5-3-6-22-12/h2-5,7-8H,6,21H2,1H3,(H,22,24,26). The number of hydrogen-bond acceptors (Lipinski definition) is 6. The van der Waals surface area contributed by atoms with Crippen molar-refractivity contribution in [2.45, 2.75) is 6.18 Å². The van der Waals surface area contributed by atoms with E-state index in [2.05, 4.69) is 20.3 Å². The number of methoxy groups -OCH3 is 1. The third kappa shape index (κ3) is 3.73. The van der Waals surface area contributed by atoms with Crippen LogP contribution in [-0.4, -0.2) is 35.4 Å². The molecule has 7 nitrogen and oxygen atoms in total. The lowest BCUT2D eigenvalue weighted by atomic mass is 10.0. The summed E-state index contributed by atoms with van der Waals surface area (Å²) in [5, 5.41) is 2.46. The molecule has 0 atom stereocenters. The van der Waals surface area contributed by atoms with Gasteiger partial charge >= 0.3 is 6.18 Å². The zero-order valence-corrected chi connectivity index (χ0v) is 14.0. The average molecular weight is 377 g/mol. The normalized spacial score (nSPS) is 13.4. The fourth-order valence-corrected chi connectivity index (χ4v) is 2.49. The van der Waals surface area contributed by atoms with E-state index in [9.17, 15) is 18.0 Å². The molecule has 3 N–H and O–H groups in total. The predicted octanol–water partition coefficient (Wildman–Crippen LogP) is 2.45. The molecule has 27 heavy (non-hydrogen) atoms. The van der Waals surface area contributed by atoms with Crippen molar-refractivity contribution in [3.8, 4) is 17.1 Å². The van der Waals surface area contributed by atoms with Gasteiger partial charge in [-0.15, -0.1) is 0 Å². The van der Waals surface area contributed by atoms with Crippen molar-refractivity contribution in [1.29, 1.82) is 0 Å². The summed E-state index contributed by atoms with van der Waals surface area (Å²) < 4.78 is 45.6. The van der Waals surface area contributed by atoms with Crippen LogP contribution in [0.25, 0.3) is 11.3 Å². The molecule has 0 spiro atoms. The second-order valence-corrected chi connectivity index (χ2v) is 5.46. The van der Waals surface area contributed by atoms with Crippen molar-refractivity contribution in [3.05, 3.63) is 47.8 Å². The summed E-state index contributed by atoms with van der Waals surface area (Å²) in [7, 11) is 1.27. The van der Waals surface area contributed by atoms with E-state index in [0.29, 0.717) is 12.6 Å². The molecule has 0 aliphatic carbocycles. The molecule has 0 saturated heterocycles. The second-order valence-electron chi connectivity index (χ2n) is 5.46. The van der Waals surface area contributed by atoms with Crippen molar-refractivity contribution >= 4 is 17.4 Å². The number of carbonyl (C=O) groups is 1. The van der Waals surface area contributed by atoms with E-state index < -0.39 is 29.0 Å². The first-order valence-electron chi connectivity index (χ1n) is 7.70. The molecule has 0 saturated carbocycles. The van der Waals surface area contributed by atoms with Crippen molar-refractivity contribution in [2.24, 2.45) is 4.99 Å². The summed E-state index contributed by atoms with van der Waals surface area (Å²) in [6.07, 6.45) is -0.0933. The minimum Gasteiger partial charge on any atom is -0.481 e. The molecule has 0 bridgehead atoms. The Hall–Kier alpha value is -3.43. The smallest absolute Gasteiger partial charge is 0.418 e. The van der Waals surface area contributed by atoms with Crippen LogP contribution in [0.4, 0.5) is 18.9 Å². The van der Waals surface area contributed by atoms with Gasteiger partial charge in [-0.2, -0.15) is 13.2 Å². The minimum absolute atomic E-state index is 0.0144. The van der Waals surface area contributed by atoms with E-state index >= 15 is 0 Å². The SMILES string of the molecule is COc1ncccc1-c1nc(C(=O)NC2=NCC=C2)c(N)cc1C(F)(F)F. The summed E-state index contributed by atoms with van der Waals surface area (Å²) in [4.78, 5) is 24.2. The number of nitrogens with one attached hydrogen (secondary N) is 1. The molecule has 3 heterocycles. The Bertz CT molecular complexity index is 954. The molecule has 10 heteroatoms. The first-order chi connectivity index (χ1) is 12.8. The number of carbonyl (C=O) groups excluding carboxylic acids is 1. The van der Waals surface area contributed by atoms with Crippen LogP contribution in [0, 0.1) is 0 Å². The number of amidine groups is 1. The molecule has 2 aromatic heterocycles. The Labute approximate surface area is 151 Å². The summed E-state index contributed by atoms with van der Waals surface area (Å²) in [6.45, 7) is 0.406. The lowest BCUT2D eigenvalue weighted by Gasteiger charge is -2.16. The van der Waals surface area contributed by atoms with Gasteiger partial charge in [0.15, 0.2) is 5.69 Å². The molecular weight excluding hydrogens is 363 g/mol. The predicted molar refractivity (Wildman–Crippen MR) is 92.3 cm³/mol. The molecule has 3 rings (SSSR count). The molecule has 0 fully saturated rings. The maximum absolute atomic E-state index is 13.5. The number of ether oxygens (including phenoxy) is 1. The van der Waals surface area contributed by atoms with Gasteiger partial charge in [-0.05, 0) is 24.3 Å². The van der Waals surface area contributed by atoms with E-state index in [1.54, 1.807) is 12.2 Å². The zero-order chi connectivity index (χ0) is 19.6. The van der Waals surface area contributed by atoms with E-state index in [1.807, 2.05) is 0 Å². The molecule has 0 aromatic carbocycles. The maximum atomic E-state index is 13.5. The van der Waals surface area contributed by atoms with Gasteiger partial charge in [0.05, 0.1) is 36.2 Å². The molecule has 1 aliphatic rings. The van der Waals surface area contributed by atoms with Crippen LogP contribution in [0.2, 0.25) is 0 Å². The van der Waals surface area contributed by atoms with E-state index in [4.69, 9.17) is 10.5 Å². The van der Waals surface area contributed by atoms with E-state index in [0.717, 1.165) is 0 Å². The van der Waals surface area contributed by atoms with Gasteiger partial charge < -0.3 is 15.8 Å². The third-order valence-corrected chi connectivity index (χ3v) is 3.68. The number of alkyl halides is 3. The Morgan fingerprint density at radius 1 is 1.37 bits per heavy atom. The number of rotatable bonds is 3. The highest BCUT2D eigenvalue weighted by Gasteiger charge is 2.37. The van der Waals surface area contributed by atoms with Gasteiger partial charge in [-0.1, -0.05) is 6.08 Å². The van der Waals surface area contributed by atoms with Gasteiger partial charge in [-0.3, -0.25) is 9.79 Å². The minimum atomic E-state index is -4.75. The molecule has 0 radical (unpaired) electrons. The number of amides is 1. The first kappa shape index (κ1) is 18.4. The summed E-state index contributed by atoms with van der Waals surface area (Å²) in [5.74, 6) is -0.549. The summed E-state index contributed by atoms with van der Waals surface area (Å²) >= 11 is 0. The van der Waals surface area contributed by atoms with Crippen molar-refractivity contribution < 1.29 is 22.7 Å². The number of aliphatic imine (C=N–C) groups is 1. The number of nitrogens with zero attached hydrogens (tertiary/aromatic N) is 3. The Kier molecular flexibility index (Phi) is 4.80. The average Bonchev–Trinajstić information content (AvgIpc) is 3.13. The highest BCUT2D eigenvalue weighted by Crippen LogP contribution is 2.40. The lowest BCUT2D eigenvalue weighted by Crippen LogP contribution is -2.30. The van der Waals surface area contributed by atoms with Gasteiger partial charge in [0, 0.05) is 6.20 Å². The third-order valence-electron chi connectivity index (χ3n) is 3.68. The number of pyridine rings is 2. The van der Waals surface area contributed by atoms with Crippen LogP contribution in [0.15, 0.2) is 41.5 Å². The molecule has 2 aromatic rings. The summed E-state index contributed by atoms with van der Waals surface area (Å²) in [5.41, 5.74) is 3.30. The van der Waals surface area contributed by atoms with Crippen LogP contribution < -0.4 is 15.8 Å². The Morgan fingerprint density at radius 3 is 2.78 bits per heavy atom. The van der Waals surface area contributed by atoms with Gasteiger partial charge in [0.25, 0.3) is 5.91 Å². The fraction of sp³-hybridized carbons (Fsp3) is 0.176. The highest BCUT2D eigenvalue weighted by atomic mass is 19.4. The van der Waals surface area contributed by atoms with Crippen molar-refractivity contribution in [1.82, 2.24) is 15.3 Å². The van der Waals surface area contributed by atoms with Gasteiger partial charge in [0.1, 0.15) is 5.84 Å². The van der Waals surface area contributed by atoms with Crippen LogP contribution >= 0.6 is 0 Å². The zero-order valence-electron chi connectivity index (χ0n) is 14.0. The molecule has 0 unspecified atom stereocenters. The van der Waals surface area contributed by atoms with Crippen LogP contribution in [0.5, 0.6) is 5.88 Å². The molecule has 1 amide bonds. The van der Waals surface area contributed by atoms with Gasteiger partial charge in [-0.25, -0.2) is 9.97 Å². The number of anilines is 1. The summed E-state index contributed by atoms with van der Waals surface area (Å²) in [6, 6.07) is 3.48. The first-order valence-corrected chi connectivity index (χ1v) is 7.70. The fourth-order valence-electron chi connectivity index (χ4n) is 2.49.